The number of halogens is 2. The van der Waals surface area contributed by atoms with Crippen LogP contribution < -0.4 is 0 Å². The van der Waals surface area contributed by atoms with E-state index in [1.54, 1.807) is 5.88 Å². The lowest BCUT2D eigenvalue weighted by molar-refractivity contribution is 1.02. The highest BCUT2D eigenvalue weighted by molar-refractivity contribution is 9.10. The first kappa shape index (κ1) is 6.77. The van der Waals surface area contributed by atoms with Crippen LogP contribution in [0.1, 0.15) is 12.8 Å². The molecule has 36 valence electrons. The smallest absolute Gasteiger partial charge is 0.0500 e. The molecule has 0 aliphatic rings. The van der Waals surface area contributed by atoms with E-state index in [2.05, 4.69) is 15.9 Å². The minimum absolute atomic E-state index is 0.951. The highest BCUT2D eigenvalue weighted by Gasteiger charge is 1.79. The maximum Gasteiger partial charge on any atom is 0.0500 e. The number of hydrogen-bond acceptors (Lipinski definition) is 0. The zero-order valence-electron chi connectivity index (χ0n) is 3.32. The summed E-state index contributed by atoms with van der Waals surface area (Å²) in [6.07, 6.45) is 1.97. The van der Waals surface area contributed by atoms with Gasteiger partial charge in [-0.25, -0.2) is 0 Å². The molecule has 0 saturated carbocycles. The van der Waals surface area contributed by atoms with Gasteiger partial charge in [0.05, 0.1) is 0 Å². The number of hydrogen-bond donors (Lipinski definition) is 0. The van der Waals surface area contributed by atoms with Crippen LogP contribution in [-0.2, 0) is 0 Å². The van der Waals surface area contributed by atoms with Gasteiger partial charge >= 0.3 is 0 Å². The average molecular weight is 169 g/mol. The van der Waals surface area contributed by atoms with Gasteiger partial charge < -0.3 is 0 Å². The summed E-state index contributed by atoms with van der Waals surface area (Å²) in [7, 11) is 0. The molecular weight excluding hydrogens is 163 g/mol. The Morgan fingerprint density at radius 1 is 1.50 bits per heavy atom. The van der Waals surface area contributed by atoms with Gasteiger partial charge in [-0.05, 0) is 12.8 Å². The minimum Gasteiger partial charge on any atom is -0.121 e. The fraction of sp³-hybridized carbons (Fsp3) is 0.500. The van der Waals surface area contributed by atoms with Crippen molar-refractivity contribution in [2.75, 3.05) is 0 Å². The van der Waals surface area contributed by atoms with Crippen molar-refractivity contribution in [2.45, 2.75) is 12.8 Å². The Labute approximate surface area is 52.0 Å². The normalized spacial score (nSPS) is 9.00. The summed E-state index contributed by atoms with van der Waals surface area (Å²) in [5, 5.41) is 1.91. The summed E-state index contributed by atoms with van der Waals surface area (Å²) in [4.78, 5) is 0. The summed E-state index contributed by atoms with van der Waals surface area (Å²) in [5.41, 5.74) is 0. The summed E-state index contributed by atoms with van der Waals surface area (Å²) in [6, 6.07) is 0. The molecule has 0 fully saturated rings. The lowest BCUT2D eigenvalue weighted by Crippen LogP contribution is -1.63. The second-order valence-electron chi connectivity index (χ2n) is 0.886. The number of rotatable bonds is 3. The Morgan fingerprint density at radius 2 is 2.17 bits per heavy atom. The van der Waals surface area contributed by atoms with Crippen molar-refractivity contribution in [1.29, 1.82) is 0 Å². The molecule has 0 aromatic rings. The van der Waals surface area contributed by atoms with Gasteiger partial charge in [0.2, 0.25) is 0 Å². The largest absolute Gasteiger partial charge is 0.121 e. The van der Waals surface area contributed by atoms with Crippen molar-refractivity contribution in [3.63, 3.8) is 0 Å². The van der Waals surface area contributed by atoms with Crippen LogP contribution in [0.2, 0.25) is 0 Å². The molecule has 0 N–H and O–H groups in total. The van der Waals surface area contributed by atoms with Gasteiger partial charge in [-0.1, -0.05) is 15.9 Å². The van der Waals surface area contributed by atoms with Crippen LogP contribution in [0.25, 0.3) is 0 Å². The molecule has 0 amide bonds. The summed E-state index contributed by atoms with van der Waals surface area (Å²) in [5.74, 6) is 1.62. The van der Waals surface area contributed by atoms with Gasteiger partial charge in [0, 0.05) is 11.2 Å². The Kier molecular flexibility index (Phi) is 6.51. The van der Waals surface area contributed by atoms with Gasteiger partial charge in [-0.15, -0.1) is 11.6 Å². The van der Waals surface area contributed by atoms with Crippen molar-refractivity contribution < 1.29 is 0 Å². The SMILES string of the molecule is Cl[CH]CC[CH]Br. The zero-order chi connectivity index (χ0) is 4.83. The summed E-state index contributed by atoms with van der Waals surface area (Å²) >= 11 is 8.36. The van der Waals surface area contributed by atoms with Gasteiger partial charge in [-0.3, -0.25) is 0 Å². The predicted molar refractivity (Wildman–Crippen MR) is 32.6 cm³/mol. The van der Waals surface area contributed by atoms with Crippen LogP contribution in [0.15, 0.2) is 0 Å². The highest BCUT2D eigenvalue weighted by Crippen LogP contribution is 2.03. The van der Waals surface area contributed by atoms with E-state index in [0.717, 1.165) is 12.8 Å². The van der Waals surface area contributed by atoms with Crippen molar-refractivity contribution in [3.8, 4) is 0 Å². The average Bonchev–Trinajstić information content (AvgIpc) is 1.61. The van der Waals surface area contributed by atoms with Gasteiger partial charge in [0.15, 0.2) is 0 Å². The summed E-state index contributed by atoms with van der Waals surface area (Å²) < 4.78 is 0. The Morgan fingerprint density at radius 3 is 2.33 bits per heavy atom. The van der Waals surface area contributed by atoms with Crippen LogP contribution in [0.3, 0.4) is 0 Å². The molecule has 2 radical (unpaired) electrons. The zero-order valence-corrected chi connectivity index (χ0v) is 5.67. The first-order chi connectivity index (χ1) is 2.91. The van der Waals surface area contributed by atoms with E-state index in [0.29, 0.717) is 0 Å². The highest BCUT2D eigenvalue weighted by atomic mass is 79.9. The molecule has 0 spiro atoms. The van der Waals surface area contributed by atoms with Gasteiger partial charge in [-0.2, -0.15) is 0 Å². The molecule has 0 rings (SSSR count). The van der Waals surface area contributed by atoms with Crippen LogP contribution in [-0.4, -0.2) is 0 Å². The van der Waals surface area contributed by atoms with Crippen LogP contribution in [0, 0.1) is 11.2 Å². The van der Waals surface area contributed by atoms with Crippen molar-refractivity contribution in [2.24, 2.45) is 0 Å². The minimum atomic E-state index is 0.951. The molecule has 0 aromatic carbocycles. The first-order valence-corrected chi connectivity index (χ1v) is 3.11. The van der Waals surface area contributed by atoms with E-state index < -0.39 is 0 Å². The molecule has 6 heavy (non-hydrogen) atoms. The maximum atomic E-state index is 5.21. The molecule has 0 aromatic heterocycles. The first-order valence-electron chi connectivity index (χ1n) is 1.75. The van der Waals surface area contributed by atoms with E-state index in [9.17, 15) is 0 Å². The lowest BCUT2D eigenvalue weighted by Gasteiger charge is -1.82. The molecule has 0 atom stereocenters. The third kappa shape index (κ3) is 4.77. The van der Waals surface area contributed by atoms with Crippen molar-refractivity contribution in [1.82, 2.24) is 0 Å². The van der Waals surface area contributed by atoms with Crippen LogP contribution >= 0.6 is 27.5 Å². The molecule has 0 aliphatic carbocycles. The molecule has 0 bridgehead atoms. The van der Waals surface area contributed by atoms with E-state index in [1.807, 2.05) is 5.33 Å². The van der Waals surface area contributed by atoms with E-state index in [4.69, 9.17) is 11.6 Å². The topological polar surface area (TPSA) is 0 Å². The second-order valence-corrected chi connectivity index (χ2v) is 1.84. The lowest BCUT2D eigenvalue weighted by atomic mass is 10.4. The Hall–Kier alpha value is 0.770. The quantitative estimate of drug-likeness (QED) is 0.570. The third-order valence-electron chi connectivity index (χ3n) is 0.385. The molecule has 0 nitrogen and oxygen atoms in total. The van der Waals surface area contributed by atoms with Crippen LogP contribution in [0.5, 0.6) is 0 Å². The number of unbranched alkanes of at least 4 members (excludes halogenated alkanes) is 1. The Balaban J connectivity index is 2.34. The third-order valence-corrected chi connectivity index (χ3v) is 1.06. The fourth-order valence-electron chi connectivity index (χ4n) is 0.126. The molecule has 0 heterocycles. The standard InChI is InChI=1S/C4H6BrCl/c5-3-1-2-4-6/h3-4H,1-2H2. The van der Waals surface area contributed by atoms with Gasteiger partial charge in [0.25, 0.3) is 0 Å². The van der Waals surface area contributed by atoms with Gasteiger partial charge in [0.1, 0.15) is 0 Å². The van der Waals surface area contributed by atoms with E-state index in [1.165, 1.54) is 0 Å². The molecule has 0 unspecified atom stereocenters. The van der Waals surface area contributed by atoms with Crippen LogP contribution in [0.4, 0.5) is 0 Å². The predicted octanol–water partition coefficient (Wildman–Crippen LogP) is 2.72. The molecule has 2 heteroatoms. The van der Waals surface area contributed by atoms with Crippen molar-refractivity contribution in [3.05, 3.63) is 11.2 Å². The second kappa shape index (κ2) is 5.77. The molecule has 0 saturated heterocycles. The van der Waals surface area contributed by atoms with Crippen molar-refractivity contribution >= 4 is 27.5 Å². The Bertz CT molecular complexity index is 19.5. The van der Waals surface area contributed by atoms with E-state index in [-0.39, 0.29) is 0 Å². The monoisotopic (exact) mass is 168 g/mol. The molecule has 0 aliphatic heterocycles. The van der Waals surface area contributed by atoms with E-state index >= 15 is 0 Å². The fourth-order valence-corrected chi connectivity index (χ4v) is 0.516. The summed E-state index contributed by atoms with van der Waals surface area (Å²) in [6.45, 7) is 0. The molecular formula is C4H6BrCl. The maximum absolute atomic E-state index is 5.21.